The topological polar surface area (TPSA) is 38.9 Å². The van der Waals surface area contributed by atoms with Crippen LogP contribution in [0.25, 0.3) is 11.5 Å². The van der Waals surface area contributed by atoms with E-state index in [4.69, 9.17) is 16.1 Å². The molecule has 0 N–H and O–H groups in total. The van der Waals surface area contributed by atoms with Crippen molar-refractivity contribution in [3.05, 3.63) is 35.4 Å². The lowest BCUT2D eigenvalue weighted by Crippen LogP contribution is -1.95. The van der Waals surface area contributed by atoms with Gasteiger partial charge in [0.25, 0.3) is 5.89 Å². The summed E-state index contributed by atoms with van der Waals surface area (Å²) in [5, 5.41) is 3.08. The summed E-state index contributed by atoms with van der Waals surface area (Å²) in [4.78, 5) is 3.84. The summed E-state index contributed by atoms with van der Waals surface area (Å²) in [6, 6.07) is 1.10. The number of halogens is 4. The normalized spacial score (nSPS) is 12.7. The first-order valence-corrected chi connectivity index (χ1v) is 6.09. The van der Waals surface area contributed by atoms with Crippen LogP contribution in [0.4, 0.5) is 13.2 Å². The van der Waals surface area contributed by atoms with Crippen LogP contribution in [0.5, 0.6) is 0 Å². The van der Waals surface area contributed by atoms with Crippen LogP contribution in [-0.2, 0) is 0 Å². The second-order valence-electron chi connectivity index (χ2n) is 3.96. The zero-order chi connectivity index (χ0) is 14.0. The Kier molecular flexibility index (Phi) is 4.09. The fourth-order valence-electron chi connectivity index (χ4n) is 1.59. The molecule has 0 saturated heterocycles. The molecule has 0 spiro atoms. The van der Waals surface area contributed by atoms with Crippen molar-refractivity contribution in [3.63, 3.8) is 0 Å². The van der Waals surface area contributed by atoms with Crippen LogP contribution in [0, 0.1) is 17.5 Å². The molecule has 0 bridgehead atoms. The van der Waals surface area contributed by atoms with E-state index in [0.717, 1.165) is 6.42 Å². The molecule has 0 saturated carbocycles. The lowest BCUT2D eigenvalue weighted by atomic mass is 10.2. The average molecular weight is 291 g/mol. The van der Waals surface area contributed by atoms with E-state index in [2.05, 4.69) is 10.1 Å². The molecule has 0 radical (unpaired) electrons. The summed E-state index contributed by atoms with van der Waals surface area (Å²) in [6.45, 7) is 1.93. The fourth-order valence-corrected chi connectivity index (χ4v) is 1.90. The standard InChI is InChI=1S/C12H10ClF3N2O/c1-2-3-7(13)11-17-12(19-18-11)10-8(15)4-6(14)5-9(10)16/h4-5,7H,2-3H2,1H3. The third-order valence-electron chi connectivity index (χ3n) is 2.48. The molecule has 1 aromatic heterocycles. The summed E-state index contributed by atoms with van der Waals surface area (Å²) in [5.41, 5.74) is -0.555. The van der Waals surface area contributed by atoms with Crippen molar-refractivity contribution in [3.8, 4) is 11.5 Å². The SMILES string of the molecule is CCCC(Cl)c1noc(-c2c(F)cc(F)cc2F)n1. The van der Waals surface area contributed by atoms with Crippen molar-refractivity contribution in [2.24, 2.45) is 0 Å². The molecule has 0 aliphatic carbocycles. The number of aromatic nitrogens is 2. The van der Waals surface area contributed by atoms with Gasteiger partial charge in [-0.05, 0) is 6.42 Å². The zero-order valence-corrected chi connectivity index (χ0v) is 10.7. The molecule has 0 fully saturated rings. The van der Waals surface area contributed by atoms with Crippen LogP contribution in [-0.4, -0.2) is 10.1 Å². The van der Waals surface area contributed by atoms with Gasteiger partial charge in [-0.3, -0.25) is 0 Å². The number of benzene rings is 1. The third kappa shape index (κ3) is 2.89. The van der Waals surface area contributed by atoms with Gasteiger partial charge < -0.3 is 4.52 Å². The molecule has 102 valence electrons. The van der Waals surface area contributed by atoms with E-state index >= 15 is 0 Å². The Hall–Kier alpha value is -1.56. The van der Waals surface area contributed by atoms with Crippen LogP contribution in [0.2, 0.25) is 0 Å². The van der Waals surface area contributed by atoms with E-state index in [-0.39, 0.29) is 11.7 Å². The van der Waals surface area contributed by atoms with Gasteiger partial charge in [0, 0.05) is 12.1 Å². The Bertz CT molecular complexity index is 565. The molecule has 1 unspecified atom stereocenters. The molecule has 1 atom stereocenters. The maximum absolute atomic E-state index is 13.5. The van der Waals surface area contributed by atoms with Crippen molar-refractivity contribution >= 4 is 11.6 Å². The van der Waals surface area contributed by atoms with Crippen molar-refractivity contribution in [2.75, 3.05) is 0 Å². The first-order chi connectivity index (χ1) is 9.02. The molecule has 2 aromatic rings. The zero-order valence-electron chi connectivity index (χ0n) is 9.96. The largest absolute Gasteiger partial charge is 0.334 e. The Labute approximate surface area is 112 Å². The molecule has 1 aromatic carbocycles. The Morgan fingerprint density at radius 2 is 1.89 bits per heavy atom. The summed E-state index contributed by atoms with van der Waals surface area (Å²) < 4.78 is 44.6. The minimum atomic E-state index is -1.10. The quantitative estimate of drug-likeness (QED) is 0.791. The monoisotopic (exact) mass is 290 g/mol. The molecule has 3 nitrogen and oxygen atoms in total. The van der Waals surface area contributed by atoms with E-state index in [9.17, 15) is 13.2 Å². The van der Waals surface area contributed by atoms with Crippen molar-refractivity contribution < 1.29 is 17.7 Å². The molecular weight excluding hydrogens is 281 g/mol. The predicted octanol–water partition coefficient (Wildman–Crippen LogP) is 4.23. The lowest BCUT2D eigenvalue weighted by Gasteiger charge is -2.01. The van der Waals surface area contributed by atoms with Crippen molar-refractivity contribution in [1.82, 2.24) is 10.1 Å². The van der Waals surface area contributed by atoms with Gasteiger partial charge >= 0.3 is 0 Å². The maximum Gasteiger partial charge on any atom is 0.263 e. The number of hydrogen-bond donors (Lipinski definition) is 0. The van der Waals surface area contributed by atoms with E-state index in [1.54, 1.807) is 0 Å². The fraction of sp³-hybridized carbons (Fsp3) is 0.333. The molecule has 7 heteroatoms. The highest BCUT2D eigenvalue weighted by Crippen LogP contribution is 2.29. The minimum absolute atomic E-state index is 0.154. The van der Waals surface area contributed by atoms with Gasteiger partial charge in [-0.25, -0.2) is 13.2 Å². The van der Waals surface area contributed by atoms with Gasteiger partial charge in [0.15, 0.2) is 5.82 Å². The van der Waals surface area contributed by atoms with Crippen LogP contribution < -0.4 is 0 Å². The average Bonchev–Trinajstić information content (AvgIpc) is 2.77. The molecule has 19 heavy (non-hydrogen) atoms. The minimum Gasteiger partial charge on any atom is -0.334 e. The summed E-state index contributed by atoms with van der Waals surface area (Å²) in [6.07, 6.45) is 1.41. The van der Waals surface area contributed by atoms with Gasteiger partial charge in [0.1, 0.15) is 23.0 Å². The van der Waals surface area contributed by atoms with Gasteiger partial charge in [-0.1, -0.05) is 18.5 Å². The third-order valence-corrected chi connectivity index (χ3v) is 2.90. The van der Waals surface area contributed by atoms with Crippen LogP contribution in [0.3, 0.4) is 0 Å². The molecule has 0 amide bonds. The molecular formula is C12H10ClF3N2O. The van der Waals surface area contributed by atoms with Gasteiger partial charge in [-0.15, -0.1) is 11.6 Å². The number of rotatable bonds is 4. The van der Waals surface area contributed by atoms with Gasteiger partial charge in [-0.2, -0.15) is 4.98 Å². The van der Waals surface area contributed by atoms with Crippen molar-refractivity contribution in [2.45, 2.75) is 25.1 Å². The maximum atomic E-state index is 13.5. The number of nitrogens with zero attached hydrogens (tertiary/aromatic N) is 2. The van der Waals surface area contributed by atoms with Gasteiger partial charge in [0.05, 0.1) is 5.38 Å². The summed E-state index contributed by atoms with van der Waals surface area (Å²) >= 11 is 5.98. The highest BCUT2D eigenvalue weighted by Gasteiger charge is 2.22. The second-order valence-corrected chi connectivity index (χ2v) is 4.49. The van der Waals surface area contributed by atoms with E-state index in [1.165, 1.54) is 0 Å². The van der Waals surface area contributed by atoms with Crippen molar-refractivity contribution in [1.29, 1.82) is 0 Å². The van der Waals surface area contributed by atoms with Gasteiger partial charge in [0.2, 0.25) is 0 Å². The highest BCUT2D eigenvalue weighted by atomic mass is 35.5. The Morgan fingerprint density at radius 3 is 2.47 bits per heavy atom. The first-order valence-electron chi connectivity index (χ1n) is 5.65. The molecule has 1 heterocycles. The van der Waals surface area contributed by atoms with E-state index in [1.807, 2.05) is 6.92 Å². The van der Waals surface area contributed by atoms with E-state index < -0.39 is 28.4 Å². The first kappa shape index (κ1) is 13.9. The second kappa shape index (κ2) is 5.61. The van der Waals surface area contributed by atoms with Crippen LogP contribution in [0.1, 0.15) is 31.0 Å². The summed E-state index contributed by atoms with van der Waals surface area (Å²) in [7, 11) is 0. The van der Waals surface area contributed by atoms with E-state index in [0.29, 0.717) is 18.6 Å². The smallest absolute Gasteiger partial charge is 0.263 e. The Morgan fingerprint density at radius 1 is 1.26 bits per heavy atom. The summed E-state index contributed by atoms with van der Waals surface area (Å²) in [5.74, 6) is -3.42. The molecule has 0 aliphatic heterocycles. The highest BCUT2D eigenvalue weighted by molar-refractivity contribution is 6.20. The Balaban J connectivity index is 2.38. The molecule has 0 aliphatic rings. The predicted molar refractivity (Wildman–Crippen MR) is 63.1 cm³/mol. The molecule has 2 rings (SSSR count). The number of hydrogen-bond acceptors (Lipinski definition) is 3. The van der Waals surface area contributed by atoms with Crippen LogP contribution in [0.15, 0.2) is 16.7 Å². The number of alkyl halides is 1. The lowest BCUT2D eigenvalue weighted by molar-refractivity contribution is 0.415. The van der Waals surface area contributed by atoms with Crippen LogP contribution >= 0.6 is 11.6 Å².